The normalized spacial score (nSPS) is 18.4. The van der Waals surface area contributed by atoms with Crippen LogP contribution in [0.25, 0.3) is 16.7 Å². The molecule has 0 saturated carbocycles. The number of nitrogens with two attached hydrogens (primary N) is 1. The van der Waals surface area contributed by atoms with Gasteiger partial charge >= 0.3 is 0 Å². The number of methoxy groups -OCH3 is 1. The van der Waals surface area contributed by atoms with Gasteiger partial charge in [-0.05, 0) is 18.2 Å². The highest BCUT2D eigenvalue weighted by Crippen LogP contribution is 2.24. The molecule has 1 fully saturated rings. The van der Waals surface area contributed by atoms with Gasteiger partial charge in [0.25, 0.3) is 11.8 Å². The number of fused-ring (bicyclic) bond motifs is 1. The number of aliphatic hydroxyl groups is 1. The average molecular weight is 406 g/mol. The van der Waals surface area contributed by atoms with E-state index in [0.29, 0.717) is 28.8 Å². The fourth-order valence-electron chi connectivity index (χ4n) is 3.22. The second-order valence-electron chi connectivity index (χ2n) is 6.89. The smallest absolute Gasteiger partial charge is 0.269 e. The molecule has 2 aromatic heterocycles. The third-order valence-corrected chi connectivity index (χ3v) is 4.86. The van der Waals surface area contributed by atoms with Crippen molar-refractivity contribution in [2.24, 2.45) is 5.73 Å². The van der Waals surface area contributed by atoms with Crippen LogP contribution < -0.4 is 10.5 Å². The van der Waals surface area contributed by atoms with Crippen LogP contribution in [0.5, 0.6) is 5.88 Å². The van der Waals surface area contributed by atoms with Crippen LogP contribution in [0.2, 0.25) is 0 Å². The molecular formula is C20H18N6O4. The summed E-state index contributed by atoms with van der Waals surface area (Å²) in [6.07, 6.45) is 0.248. The summed E-state index contributed by atoms with van der Waals surface area (Å²) in [5, 5.41) is 23.2. The SMILES string of the molecule is COc1cc2c(C(N)=O)nn(-c3cccc(C#CC4(O)CCN(C)C4=O)c3)c2nn1. The topological polar surface area (TPSA) is 136 Å². The van der Waals surface area contributed by atoms with Crippen molar-refractivity contribution in [3.05, 3.63) is 41.6 Å². The maximum absolute atomic E-state index is 12.1. The molecule has 1 aliphatic rings. The lowest BCUT2D eigenvalue weighted by Gasteiger charge is -2.13. The molecule has 1 unspecified atom stereocenters. The number of benzene rings is 1. The van der Waals surface area contributed by atoms with Crippen molar-refractivity contribution in [3.63, 3.8) is 0 Å². The summed E-state index contributed by atoms with van der Waals surface area (Å²) >= 11 is 0. The molecular weight excluding hydrogens is 388 g/mol. The van der Waals surface area contributed by atoms with Gasteiger partial charge in [0, 0.05) is 31.6 Å². The van der Waals surface area contributed by atoms with Gasteiger partial charge in [0.05, 0.1) is 18.2 Å². The Balaban J connectivity index is 1.77. The van der Waals surface area contributed by atoms with Crippen LogP contribution in [0.4, 0.5) is 0 Å². The number of aromatic nitrogens is 4. The minimum atomic E-state index is -1.69. The lowest BCUT2D eigenvalue weighted by atomic mass is 10.0. The quantitative estimate of drug-likeness (QED) is 0.578. The van der Waals surface area contributed by atoms with Crippen molar-refractivity contribution in [3.8, 4) is 23.4 Å². The summed E-state index contributed by atoms with van der Waals surface area (Å²) in [7, 11) is 3.06. The number of primary amides is 1. The number of nitrogens with zero attached hydrogens (tertiary/aromatic N) is 5. The first-order valence-corrected chi connectivity index (χ1v) is 9.04. The summed E-state index contributed by atoms with van der Waals surface area (Å²) < 4.78 is 6.49. The summed E-state index contributed by atoms with van der Waals surface area (Å²) in [6, 6.07) is 8.45. The highest BCUT2D eigenvalue weighted by molar-refractivity contribution is 6.03. The number of rotatable bonds is 3. The zero-order valence-electron chi connectivity index (χ0n) is 16.3. The first-order chi connectivity index (χ1) is 14.3. The third kappa shape index (κ3) is 3.21. The number of likely N-dealkylation sites (tertiary alicyclic amines) is 1. The zero-order chi connectivity index (χ0) is 21.5. The molecule has 10 heteroatoms. The zero-order valence-corrected chi connectivity index (χ0v) is 16.3. The van der Waals surface area contributed by atoms with Crippen LogP contribution in [0.3, 0.4) is 0 Å². The number of carbonyl (C=O) groups excluding carboxylic acids is 2. The van der Waals surface area contributed by atoms with E-state index in [-0.39, 0.29) is 18.0 Å². The van der Waals surface area contributed by atoms with E-state index in [0.717, 1.165) is 0 Å². The van der Waals surface area contributed by atoms with Crippen molar-refractivity contribution >= 4 is 22.8 Å². The molecule has 0 bridgehead atoms. The van der Waals surface area contributed by atoms with Crippen molar-refractivity contribution < 1.29 is 19.4 Å². The van der Waals surface area contributed by atoms with Crippen LogP contribution in [0, 0.1) is 11.8 Å². The highest BCUT2D eigenvalue weighted by atomic mass is 16.5. The van der Waals surface area contributed by atoms with E-state index in [1.54, 1.807) is 31.3 Å². The van der Waals surface area contributed by atoms with Crippen molar-refractivity contribution in [1.82, 2.24) is 24.9 Å². The lowest BCUT2D eigenvalue weighted by Crippen LogP contribution is -2.37. The lowest BCUT2D eigenvalue weighted by molar-refractivity contribution is -0.137. The number of ether oxygens (including phenoxy) is 1. The number of amides is 2. The maximum Gasteiger partial charge on any atom is 0.269 e. The molecule has 1 atom stereocenters. The summed E-state index contributed by atoms with van der Waals surface area (Å²) in [5.74, 6) is 4.62. The average Bonchev–Trinajstić information content (AvgIpc) is 3.26. The monoisotopic (exact) mass is 406 g/mol. The molecule has 10 nitrogen and oxygen atoms in total. The van der Waals surface area contributed by atoms with E-state index < -0.39 is 17.4 Å². The standard InChI is InChI=1S/C20H18N6O4/c1-25-9-8-20(29,19(25)28)7-6-12-4-3-5-13(10-12)26-18-14(16(24-26)17(21)27)11-15(30-2)22-23-18/h3-5,10-11,29H,8-9H2,1-2H3,(H2,21,27). The Morgan fingerprint density at radius 3 is 2.80 bits per heavy atom. The molecule has 30 heavy (non-hydrogen) atoms. The van der Waals surface area contributed by atoms with E-state index in [4.69, 9.17) is 10.5 Å². The Hall–Kier alpha value is -3.97. The van der Waals surface area contributed by atoms with Gasteiger partial charge in [-0.1, -0.05) is 17.9 Å². The molecule has 2 amide bonds. The van der Waals surface area contributed by atoms with E-state index in [9.17, 15) is 14.7 Å². The van der Waals surface area contributed by atoms with Gasteiger partial charge in [0.15, 0.2) is 11.3 Å². The number of hydrogen-bond donors (Lipinski definition) is 2. The Morgan fingerprint density at radius 2 is 2.13 bits per heavy atom. The fourth-order valence-corrected chi connectivity index (χ4v) is 3.22. The largest absolute Gasteiger partial charge is 0.480 e. The second-order valence-corrected chi connectivity index (χ2v) is 6.89. The second kappa shape index (κ2) is 7.13. The van der Waals surface area contributed by atoms with Crippen molar-refractivity contribution in [2.75, 3.05) is 20.7 Å². The van der Waals surface area contributed by atoms with E-state index >= 15 is 0 Å². The molecule has 0 radical (unpaired) electrons. The summed E-state index contributed by atoms with van der Waals surface area (Å²) in [6.45, 7) is 0.446. The van der Waals surface area contributed by atoms with Crippen molar-refractivity contribution in [2.45, 2.75) is 12.0 Å². The predicted octanol–water partition coefficient (Wildman–Crippen LogP) is -0.132. The van der Waals surface area contributed by atoms with E-state index in [1.165, 1.54) is 22.8 Å². The van der Waals surface area contributed by atoms with Crippen LogP contribution in [-0.2, 0) is 4.79 Å². The molecule has 3 heterocycles. The predicted molar refractivity (Wildman–Crippen MR) is 106 cm³/mol. The highest BCUT2D eigenvalue weighted by Gasteiger charge is 2.42. The van der Waals surface area contributed by atoms with Crippen LogP contribution in [0.1, 0.15) is 22.5 Å². The Bertz CT molecular complexity index is 1240. The molecule has 4 rings (SSSR count). The molecule has 1 saturated heterocycles. The minimum Gasteiger partial charge on any atom is -0.480 e. The molecule has 3 N–H and O–H groups in total. The van der Waals surface area contributed by atoms with Gasteiger partial charge in [-0.15, -0.1) is 10.2 Å². The molecule has 0 spiro atoms. The molecule has 152 valence electrons. The van der Waals surface area contributed by atoms with Gasteiger partial charge < -0.3 is 20.5 Å². The Morgan fingerprint density at radius 1 is 1.33 bits per heavy atom. The van der Waals surface area contributed by atoms with Gasteiger partial charge in [0.1, 0.15) is 0 Å². The Labute approximate surface area is 171 Å². The first-order valence-electron chi connectivity index (χ1n) is 9.04. The van der Waals surface area contributed by atoms with Gasteiger partial charge in [-0.25, -0.2) is 4.68 Å². The summed E-state index contributed by atoms with van der Waals surface area (Å²) in [4.78, 5) is 25.4. The van der Waals surface area contributed by atoms with Gasteiger partial charge in [-0.3, -0.25) is 9.59 Å². The fraction of sp³-hybridized carbons (Fsp3) is 0.250. The van der Waals surface area contributed by atoms with Crippen molar-refractivity contribution in [1.29, 1.82) is 0 Å². The van der Waals surface area contributed by atoms with E-state index in [2.05, 4.69) is 27.1 Å². The summed E-state index contributed by atoms with van der Waals surface area (Å²) in [5.41, 5.74) is 5.23. The minimum absolute atomic E-state index is 0.0311. The van der Waals surface area contributed by atoms with Crippen LogP contribution >= 0.6 is 0 Å². The molecule has 3 aromatic rings. The first kappa shape index (κ1) is 19.4. The van der Waals surface area contributed by atoms with Crippen LogP contribution in [-0.4, -0.2) is 68.1 Å². The molecule has 1 aliphatic heterocycles. The van der Waals surface area contributed by atoms with Gasteiger partial charge in [-0.2, -0.15) is 5.10 Å². The number of hydrogen-bond acceptors (Lipinski definition) is 7. The number of likely N-dealkylation sites (N-methyl/N-ethyl adjacent to an activating group) is 1. The Kier molecular flexibility index (Phi) is 4.60. The van der Waals surface area contributed by atoms with Gasteiger partial charge in [0.2, 0.25) is 11.5 Å². The molecule has 0 aliphatic carbocycles. The molecule has 1 aromatic carbocycles. The maximum atomic E-state index is 12.1. The third-order valence-electron chi connectivity index (χ3n) is 4.86. The van der Waals surface area contributed by atoms with Crippen LogP contribution in [0.15, 0.2) is 30.3 Å². The van der Waals surface area contributed by atoms with E-state index in [1.807, 2.05) is 0 Å². The number of carbonyl (C=O) groups is 2.